The topological polar surface area (TPSA) is 96.0 Å². The molecule has 0 aromatic heterocycles. The molecule has 0 unspecified atom stereocenters. The van der Waals surface area contributed by atoms with E-state index in [4.69, 9.17) is 27.9 Å². The van der Waals surface area contributed by atoms with E-state index in [-0.39, 0.29) is 28.2 Å². The molecule has 2 aromatic carbocycles. The Morgan fingerprint density at radius 3 is 2.41 bits per heavy atom. The molecule has 0 heterocycles. The van der Waals surface area contributed by atoms with Gasteiger partial charge in [-0.2, -0.15) is 0 Å². The number of hydrogen-bond acceptors (Lipinski definition) is 5. The number of nitrogens with zero attached hydrogens (tertiary/aromatic N) is 2. The van der Waals surface area contributed by atoms with Crippen LogP contribution in [0.2, 0.25) is 10.0 Å². The molecule has 2 aromatic rings. The zero-order valence-corrected chi connectivity index (χ0v) is 21.9. The molecule has 1 N–H and O–H groups in total. The number of amides is 2. The van der Waals surface area contributed by atoms with Crippen molar-refractivity contribution in [1.82, 2.24) is 10.2 Å². The Morgan fingerprint density at radius 1 is 1.12 bits per heavy atom. The van der Waals surface area contributed by atoms with Crippen molar-refractivity contribution < 1.29 is 22.7 Å². The van der Waals surface area contributed by atoms with Crippen molar-refractivity contribution in [2.45, 2.75) is 32.9 Å². The summed E-state index contributed by atoms with van der Waals surface area (Å²) in [6.07, 6.45) is 1.31. The second-order valence-corrected chi connectivity index (χ2v) is 10.3. The van der Waals surface area contributed by atoms with Crippen LogP contribution in [0.25, 0.3) is 0 Å². The molecule has 0 aliphatic rings. The number of likely N-dealkylation sites (N-methyl/N-ethyl adjacent to an activating group) is 1. The fourth-order valence-corrected chi connectivity index (χ4v) is 4.74. The zero-order chi connectivity index (χ0) is 25.5. The van der Waals surface area contributed by atoms with E-state index in [1.165, 1.54) is 30.2 Å². The van der Waals surface area contributed by atoms with E-state index in [9.17, 15) is 18.0 Å². The maximum atomic E-state index is 13.6. The number of carbonyl (C=O) groups excluding carboxylic acids is 2. The summed E-state index contributed by atoms with van der Waals surface area (Å²) in [7, 11) is -2.38. The van der Waals surface area contributed by atoms with Crippen molar-refractivity contribution >= 4 is 50.7 Å². The minimum Gasteiger partial charge on any atom is -0.497 e. The van der Waals surface area contributed by atoms with E-state index < -0.39 is 28.5 Å². The fourth-order valence-electron chi connectivity index (χ4n) is 3.45. The van der Waals surface area contributed by atoms with Gasteiger partial charge >= 0.3 is 0 Å². The van der Waals surface area contributed by atoms with Crippen LogP contribution in [0.1, 0.15) is 25.8 Å². The van der Waals surface area contributed by atoms with Gasteiger partial charge in [-0.05, 0) is 49.2 Å². The smallest absolute Gasteiger partial charge is 0.244 e. The van der Waals surface area contributed by atoms with Gasteiger partial charge in [-0.1, -0.05) is 42.3 Å². The molecule has 0 saturated heterocycles. The van der Waals surface area contributed by atoms with E-state index in [0.29, 0.717) is 18.7 Å². The van der Waals surface area contributed by atoms with Crippen LogP contribution in [0.3, 0.4) is 0 Å². The molecule has 8 nitrogen and oxygen atoms in total. The number of anilines is 1. The van der Waals surface area contributed by atoms with Crippen molar-refractivity contribution in [3.63, 3.8) is 0 Å². The molecule has 2 amide bonds. The summed E-state index contributed by atoms with van der Waals surface area (Å²) in [5, 5.41) is 3.13. The van der Waals surface area contributed by atoms with Gasteiger partial charge in [0.15, 0.2) is 0 Å². The first-order valence-corrected chi connectivity index (χ1v) is 13.2. The number of nitrogens with one attached hydrogen (secondary N) is 1. The zero-order valence-electron chi connectivity index (χ0n) is 19.5. The number of ether oxygens (including phenoxy) is 1. The van der Waals surface area contributed by atoms with E-state index in [1.807, 2.05) is 0 Å². The maximum absolute atomic E-state index is 13.6. The van der Waals surface area contributed by atoms with Gasteiger partial charge in [0.05, 0.1) is 24.1 Å². The van der Waals surface area contributed by atoms with Crippen LogP contribution in [0.4, 0.5) is 5.69 Å². The molecule has 1 atom stereocenters. The molecule has 0 bridgehead atoms. The highest BCUT2D eigenvalue weighted by Gasteiger charge is 2.32. The van der Waals surface area contributed by atoms with Crippen molar-refractivity contribution in [2.75, 3.05) is 30.8 Å². The molecule has 186 valence electrons. The molecule has 0 radical (unpaired) electrons. The molecule has 0 fully saturated rings. The van der Waals surface area contributed by atoms with Gasteiger partial charge < -0.3 is 15.0 Å². The Hall–Kier alpha value is -2.49. The number of carbonyl (C=O) groups is 2. The molecule has 0 spiro atoms. The second kappa shape index (κ2) is 12.3. The second-order valence-electron chi connectivity index (χ2n) is 7.56. The van der Waals surface area contributed by atoms with E-state index >= 15 is 0 Å². The summed E-state index contributed by atoms with van der Waals surface area (Å²) in [4.78, 5) is 27.7. The summed E-state index contributed by atoms with van der Waals surface area (Å²) < 4.78 is 31.4. The molecule has 0 aliphatic carbocycles. The first-order valence-electron chi connectivity index (χ1n) is 10.6. The number of halogens is 2. The minimum atomic E-state index is -3.91. The molecule has 11 heteroatoms. The monoisotopic (exact) mass is 529 g/mol. The highest BCUT2D eigenvalue weighted by atomic mass is 35.5. The molecule has 34 heavy (non-hydrogen) atoms. The largest absolute Gasteiger partial charge is 0.497 e. The van der Waals surface area contributed by atoms with Crippen LogP contribution in [0, 0.1) is 0 Å². The molecule has 0 saturated carbocycles. The lowest BCUT2D eigenvalue weighted by Gasteiger charge is -2.33. The van der Waals surface area contributed by atoms with Crippen LogP contribution < -0.4 is 14.4 Å². The first kappa shape index (κ1) is 27.8. The lowest BCUT2D eigenvalue weighted by molar-refractivity contribution is -0.140. The average Bonchev–Trinajstić information content (AvgIpc) is 2.78. The summed E-state index contributed by atoms with van der Waals surface area (Å²) in [5.74, 6) is -0.297. The Labute approximate surface area is 210 Å². The minimum absolute atomic E-state index is 0.0759. The van der Waals surface area contributed by atoms with Crippen molar-refractivity contribution in [3.8, 4) is 5.75 Å². The third kappa shape index (κ3) is 7.25. The van der Waals surface area contributed by atoms with E-state index in [1.54, 1.807) is 38.1 Å². The SMILES string of the molecule is CCNC(=O)[C@@H](CC)N(Cc1cccc(OC)c1)C(=O)CN(c1cc(Cl)ccc1Cl)S(C)(=O)=O. The van der Waals surface area contributed by atoms with E-state index in [0.717, 1.165) is 16.1 Å². The van der Waals surface area contributed by atoms with Crippen LogP contribution in [-0.2, 0) is 26.2 Å². The van der Waals surface area contributed by atoms with Gasteiger partial charge in [0, 0.05) is 18.1 Å². The van der Waals surface area contributed by atoms with Gasteiger partial charge in [-0.15, -0.1) is 0 Å². The lowest BCUT2D eigenvalue weighted by atomic mass is 10.1. The van der Waals surface area contributed by atoms with Crippen LogP contribution in [0.5, 0.6) is 5.75 Å². The number of rotatable bonds is 11. The predicted octanol–water partition coefficient (Wildman–Crippen LogP) is 3.71. The number of benzene rings is 2. The number of sulfonamides is 1. The highest BCUT2D eigenvalue weighted by Crippen LogP contribution is 2.31. The Bertz CT molecular complexity index is 1130. The normalized spacial score (nSPS) is 12.1. The van der Waals surface area contributed by atoms with E-state index in [2.05, 4.69) is 5.32 Å². The van der Waals surface area contributed by atoms with Crippen molar-refractivity contribution in [3.05, 3.63) is 58.1 Å². The molecular weight excluding hydrogens is 501 g/mol. The summed E-state index contributed by atoms with van der Waals surface area (Å²) in [6.45, 7) is 3.48. The van der Waals surface area contributed by atoms with Crippen LogP contribution >= 0.6 is 23.2 Å². The lowest BCUT2D eigenvalue weighted by Crippen LogP contribution is -2.52. The molecule has 0 aliphatic heterocycles. The number of methoxy groups -OCH3 is 1. The quantitative estimate of drug-likeness (QED) is 0.478. The van der Waals surface area contributed by atoms with Crippen molar-refractivity contribution in [1.29, 1.82) is 0 Å². The van der Waals surface area contributed by atoms with Gasteiger partial charge in [-0.25, -0.2) is 8.42 Å². The van der Waals surface area contributed by atoms with Gasteiger partial charge in [0.25, 0.3) is 0 Å². The highest BCUT2D eigenvalue weighted by molar-refractivity contribution is 7.92. The van der Waals surface area contributed by atoms with Gasteiger partial charge in [-0.3, -0.25) is 13.9 Å². The summed E-state index contributed by atoms with van der Waals surface area (Å²) >= 11 is 12.3. The third-order valence-corrected chi connectivity index (χ3v) is 6.76. The summed E-state index contributed by atoms with van der Waals surface area (Å²) in [5.41, 5.74) is 0.805. The predicted molar refractivity (Wildman–Crippen MR) is 135 cm³/mol. The van der Waals surface area contributed by atoms with Crippen molar-refractivity contribution in [2.24, 2.45) is 0 Å². The number of hydrogen-bond donors (Lipinski definition) is 1. The van der Waals surface area contributed by atoms with Gasteiger partial charge in [0.1, 0.15) is 18.3 Å². The standard InChI is InChI=1S/C23H29Cl2N3O5S/c1-5-20(23(30)26-6-2)27(14-16-8-7-9-18(12-16)33-3)22(29)15-28(34(4,31)32)21-13-17(24)10-11-19(21)25/h7-13,20H,5-6,14-15H2,1-4H3,(H,26,30)/t20-/m1/s1. The van der Waals surface area contributed by atoms with Crippen LogP contribution in [0.15, 0.2) is 42.5 Å². The Kier molecular flexibility index (Phi) is 10.0. The summed E-state index contributed by atoms with van der Waals surface area (Å²) in [6, 6.07) is 10.7. The maximum Gasteiger partial charge on any atom is 0.244 e. The fraction of sp³-hybridized carbons (Fsp3) is 0.391. The van der Waals surface area contributed by atoms with Crippen LogP contribution in [-0.4, -0.2) is 57.6 Å². The molecule has 2 rings (SSSR count). The third-order valence-electron chi connectivity index (χ3n) is 5.08. The van der Waals surface area contributed by atoms with Gasteiger partial charge in [0.2, 0.25) is 21.8 Å². The average molecular weight is 530 g/mol. The Morgan fingerprint density at radius 2 is 1.82 bits per heavy atom. The Balaban J connectivity index is 2.49. The molecular formula is C23H29Cl2N3O5S. The first-order chi connectivity index (χ1) is 16.0.